The van der Waals surface area contributed by atoms with Gasteiger partial charge in [0.15, 0.2) is 11.0 Å². The zero-order valence-corrected chi connectivity index (χ0v) is 15.2. The molecule has 2 N–H and O–H groups in total. The molecule has 2 aromatic heterocycles. The summed E-state index contributed by atoms with van der Waals surface area (Å²) in [5.41, 5.74) is 3.20. The first-order chi connectivity index (χ1) is 12.3. The molecule has 5 nitrogen and oxygen atoms in total. The molecule has 0 aliphatic carbocycles. The highest BCUT2D eigenvalue weighted by molar-refractivity contribution is 7.16. The Hall–Kier alpha value is -2.73. The zero-order chi connectivity index (χ0) is 17.5. The quantitative estimate of drug-likeness (QED) is 0.610. The van der Waals surface area contributed by atoms with Crippen molar-refractivity contribution >= 4 is 27.6 Å². The van der Waals surface area contributed by atoms with E-state index in [1.807, 2.05) is 31.3 Å². The smallest absolute Gasteiger partial charge is 0.183 e. The molecule has 3 rings (SSSR count). The van der Waals surface area contributed by atoms with Crippen molar-refractivity contribution in [3.63, 3.8) is 0 Å². The van der Waals surface area contributed by atoms with E-state index in [0.717, 1.165) is 45.5 Å². The number of nitrogens with zero attached hydrogens (tertiary/aromatic N) is 3. The highest BCUT2D eigenvalue weighted by Gasteiger charge is 2.11. The lowest BCUT2D eigenvalue weighted by atomic mass is 10.0. The highest BCUT2D eigenvalue weighted by Crippen LogP contribution is 2.30. The van der Waals surface area contributed by atoms with Crippen molar-refractivity contribution in [2.45, 2.75) is 20.3 Å². The molecule has 0 fully saturated rings. The minimum Gasteiger partial charge on any atom is -0.362 e. The van der Waals surface area contributed by atoms with Crippen LogP contribution in [0.4, 0.5) is 5.13 Å². The van der Waals surface area contributed by atoms with Gasteiger partial charge < -0.3 is 5.32 Å². The van der Waals surface area contributed by atoms with E-state index >= 15 is 0 Å². The molecule has 0 saturated carbocycles. The Morgan fingerprint density at radius 2 is 2.08 bits per heavy atom. The van der Waals surface area contributed by atoms with Gasteiger partial charge in [-0.15, -0.1) is 0 Å². The molecule has 3 aromatic rings. The Labute approximate surface area is 151 Å². The normalized spacial score (nSPS) is 12.4. The van der Waals surface area contributed by atoms with Crippen molar-refractivity contribution in [2.75, 3.05) is 11.9 Å². The van der Waals surface area contributed by atoms with E-state index in [-0.39, 0.29) is 0 Å². The third-order valence-corrected chi connectivity index (χ3v) is 4.69. The SMILES string of the molecule is C/C=C(\C=C(\c1ccccc1)c1ncn[nH]1)c1cnc(NCCC)s1. The third kappa shape index (κ3) is 4.22. The lowest BCUT2D eigenvalue weighted by Gasteiger charge is -2.06. The minimum atomic E-state index is 0.749. The molecule has 0 aliphatic rings. The standard InChI is InChI=1S/C19H21N5S/c1-3-10-20-19-21-12-17(25-19)14(4-2)11-16(18-22-13-23-24-18)15-8-6-5-7-9-15/h4-9,11-13H,3,10H2,1-2H3,(H,20,21)(H,22,23,24)/b14-4+,16-11-. The van der Waals surface area contributed by atoms with Crippen LogP contribution < -0.4 is 5.32 Å². The van der Waals surface area contributed by atoms with Gasteiger partial charge in [-0.3, -0.25) is 5.10 Å². The number of benzene rings is 1. The van der Waals surface area contributed by atoms with E-state index in [9.17, 15) is 0 Å². The molecule has 0 aliphatic heterocycles. The Bertz CT molecular complexity index is 847. The second-order valence-electron chi connectivity index (χ2n) is 5.46. The topological polar surface area (TPSA) is 66.5 Å². The Balaban J connectivity index is 1.96. The van der Waals surface area contributed by atoms with Gasteiger partial charge in [0, 0.05) is 18.3 Å². The summed E-state index contributed by atoms with van der Waals surface area (Å²) < 4.78 is 0. The first kappa shape index (κ1) is 17.1. The molecule has 1 aromatic carbocycles. The molecule has 0 amide bonds. The van der Waals surface area contributed by atoms with Crippen molar-refractivity contribution in [3.05, 3.63) is 71.3 Å². The molecule has 2 heterocycles. The summed E-state index contributed by atoms with van der Waals surface area (Å²) in [6.07, 6.45) is 8.75. The van der Waals surface area contributed by atoms with Gasteiger partial charge in [0.25, 0.3) is 0 Å². The number of nitrogens with one attached hydrogen (secondary N) is 2. The molecular formula is C19H21N5S. The van der Waals surface area contributed by atoms with E-state index in [1.165, 1.54) is 6.33 Å². The number of allylic oxidation sites excluding steroid dienone is 3. The number of hydrogen-bond acceptors (Lipinski definition) is 5. The Kier molecular flexibility index (Phi) is 5.74. The zero-order valence-electron chi connectivity index (χ0n) is 14.4. The fraction of sp³-hybridized carbons (Fsp3) is 0.211. The molecule has 0 spiro atoms. The lowest BCUT2D eigenvalue weighted by Crippen LogP contribution is -1.97. The molecule has 0 saturated heterocycles. The maximum absolute atomic E-state index is 4.47. The monoisotopic (exact) mass is 351 g/mol. The molecule has 0 atom stereocenters. The van der Waals surface area contributed by atoms with Crippen molar-refractivity contribution in [3.8, 4) is 0 Å². The van der Waals surface area contributed by atoms with Crippen LogP contribution >= 0.6 is 11.3 Å². The van der Waals surface area contributed by atoms with Gasteiger partial charge in [0.1, 0.15) is 6.33 Å². The summed E-state index contributed by atoms with van der Waals surface area (Å²) in [6.45, 7) is 5.11. The van der Waals surface area contributed by atoms with Crippen molar-refractivity contribution in [2.24, 2.45) is 0 Å². The van der Waals surface area contributed by atoms with Gasteiger partial charge in [-0.2, -0.15) is 5.10 Å². The van der Waals surface area contributed by atoms with Gasteiger partial charge in [0.05, 0.1) is 4.88 Å². The summed E-state index contributed by atoms with van der Waals surface area (Å²) >= 11 is 1.66. The van der Waals surface area contributed by atoms with Gasteiger partial charge in [-0.1, -0.05) is 54.7 Å². The average Bonchev–Trinajstić information content (AvgIpc) is 3.34. The summed E-state index contributed by atoms with van der Waals surface area (Å²) in [6, 6.07) is 10.2. The van der Waals surface area contributed by atoms with E-state index in [2.05, 4.69) is 56.7 Å². The predicted octanol–water partition coefficient (Wildman–Crippen LogP) is 4.62. The summed E-state index contributed by atoms with van der Waals surface area (Å²) in [4.78, 5) is 9.92. The van der Waals surface area contributed by atoms with Crippen LogP contribution in [0.5, 0.6) is 0 Å². The summed E-state index contributed by atoms with van der Waals surface area (Å²) in [5.74, 6) is 0.749. The number of hydrogen-bond donors (Lipinski definition) is 2. The third-order valence-electron chi connectivity index (χ3n) is 3.68. The number of rotatable bonds is 7. The van der Waals surface area contributed by atoms with Crippen LogP contribution in [0.15, 0.2) is 55.0 Å². The second kappa shape index (κ2) is 8.39. The van der Waals surface area contributed by atoms with Crippen LogP contribution in [0.25, 0.3) is 11.1 Å². The number of aromatic nitrogens is 4. The van der Waals surface area contributed by atoms with E-state index in [1.54, 1.807) is 11.3 Å². The molecule has 6 heteroatoms. The van der Waals surface area contributed by atoms with E-state index in [0.29, 0.717) is 0 Å². The van der Waals surface area contributed by atoms with Gasteiger partial charge in [-0.25, -0.2) is 9.97 Å². The van der Waals surface area contributed by atoms with Crippen LogP contribution in [0.2, 0.25) is 0 Å². The molecule has 128 valence electrons. The number of H-pyrrole nitrogens is 1. The van der Waals surface area contributed by atoms with Crippen LogP contribution in [0.3, 0.4) is 0 Å². The Morgan fingerprint density at radius 3 is 2.76 bits per heavy atom. The molecule has 0 unspecified atom stereocenters. The van der Waals surface area contributed by atoms with Crippen LogP contribution in [-0.4, -0.2) is 26.7 Å². The fourth-order valence-electron chi connectivity index (χ4n) is 2.41. The average molecular weight is 351 g/mol. The predicted molar refractivity (Wildman–Crippen MR) is 104 cm³/mol. The van der Waals surface area contributed by atoms with Crippen molar-refractivity contribution in [1.29, 1.82) is 0 Å². The number of aromatic amines is 1. The van der Waals surface area contributed by atoms with Crippen molar-refractivity contribution in [1.82, 2.24) is 20.2 Å². The maximum atomic E-state index is 4.47. The fourth-order valence-corrected chi connectivity index (χ4v) is 3.30. The first-order valence-electron chi connectivity index (χ1n) is 8.31. The lowest BCUT2D eigenvalue weighted by molar-refractivity contribution is 0.976. The molecule has 25 heavy (non-hydrogen) atoms. The molecule has 0 radical (unpaired) electrons. The minimum absolute atomic E-state index is 0.749. The molecule has 0 bridgehead atoms. The van der Waals surface area contributed by atoms with Crippen LogP contribution in [0, 0.1) is 0 Å². The molecular weight excluding hydrogens is 330 g/mol. The van der Waals surface area contributed by atoms with Crippen LogP contribution in [0.1, 0.15) is 36.5 Å². The maximum Gasteiger partial charge on any atom is 0.183 e. The summed E-state index contributed by atoms with van der Waals surface area (Å²) in [7, 11) is 0. The van der Waals surface area contributed by atoms with Crippen molar-refractivity contribution < 1.29 is 0 Å². The Morgan fingerprint density at radius 1 is 1.24 bits per heavy atom. The summed E-state index contributed by atoms with van der Waals surface area (Å²) in [5, 5.41) is 11.3. The highest BCUT2D eigenvalue weighted by atomic mass is 32.1. The first-order valence-corrected chi connectivity index (χ1v) is 9.12. The largest absolute Gasteiger partial charge is 0.362 e. The second-order valence-corrected chi connectivity index (χ2v) is 6.49. The van der Waals surface area contributed by atoms with Gasteiger partial charge in [0.2, 0.25) is 0 Å². The van der Waals surface area contributed by atoms with Gasteiger partial charge >= 0.3 is 0 Å². The van der Waals surface area contributed by atoms with Crippen LogP contribution in [-0.2, 0) is 0 Å². The number of thiazole rings is 1. The van der Waals surface area contributed by atoms with E-state index < -0.39 is 0 Å². The van der Waals surface area contributed by atoms with Gasteiger partial charge in [-0.05, 0) is 30.6 Å². The van der Waals surface area contributed by atoms with E-state index in [4.69, 9.17) is 0 Å². The number of anilines is 1.